The van der Waals surface area contributed by atoms with Gasteiger partial charge in [0.25, 0.3) is 0 Å². The van der Waals surface area contributed by atoms with Crippen molar-refractivity contribution in [1.82, 2.24) is 4.90 Å². The van der Waals surface area contributed by atoms with Crippen molar-refractivity contribution in [3.63, 3.8) is 0 Å². The van der Waals surface area contributed by atoms with Gasteiger partial charge in [-0.3, -0.25) is 9.69 Å². The number of likely N-dealkylation sites (N-methyl/N-ethyl adjacent to an activating group) is 2. The lowest BCUT2D eigenvalue weighted by atomic mass is 10.1. The summed E-state index contributed by atoms with van der Waals surface area (Å²) in [6.45, 7) is 3.75. The molecule has 5 nitrogen and oxygen atoms in total. The highest BCUT2D eigenvalue weighted by Crippen LogP contribution is 2.31. The number of carbonyl (C=O) groups is 1. The average molecular weight is 340 g/mol. The van der Waals surface area contributed by atoms with Gasteiger partial charge in [-0.2, -0.15) is 0 Å². The Morgan fingerprint density at radius 1 is 1.04 bits per heavy atom. The van der Waals surface area contributed by atoms with Crippen LogP contribution in [0.15, 0.2) is 48.5 Å². The lowest BCUT2D eigenvalue weighted by Gasteiger charge is -2.28. The number of nitrogens with zero attached hydrogens (tertiary/aromatic N) is 2. The summed E-state index contributed by atoms with van der Waals surface area (Å²) in [5.41, 5.74) is 1.99. The highest BCUT2D eigenvalue weighted by atomic mass is 16.6. The molecular weight excluding hydrogens is 316 g/mol. The number of amides is 1. The highest BCUT2D eigenvalue weighted by molar-refractivity contribution is 5.96. The molecule has 0 spiro atoms. The zero-order valence-electron chi connectivity index (χ0n) is 14.9. The van der Waals surface area contributed by atoms with Crippen LogP contribution in [-0.4, -0.2) is 44.2 Å². The second kappa shape index (κ2) is 7.57. The average Bonchev–Trinajstić information content (AvgIpc) is 2.66. The van der Waals surface area contributed by atoms with E-state index < -0.39 is 0 Å². The maximum absolute atomic E-state index is 12.7. The van der Waals surface area contributed by atoms with E-state index in [1.54, 1.807) is 4.90 Å². The molecule has 1 amide bonds. The van der Waals surface area contributed by atoms with Gasteiger partial charge in [-0.25, -0.2) is 0 Å². The number of fused-ring (bicyclic) bond motifs is 1. The summed E-state index contributed by atoms with van der Waals surface area (Å²) in [5.74, 6) is 1.62. The molecule has 0 fully saturated rings. The molecule has 2 aromatic carbocycles. The Balaban J connectivity index is 1.66. The quantitative estimate of drug-likeness (QED) is 0.839. The third-order valence-electron chi connectivity index (χ3n) is 4.53. The Morgan fingerprint density at radius 3 is 2.44 bits per heavy atom. The van der Waals surface area contributed by atoms with Crippen molar-refractivity contribution < 1.29 is 14.3 Å². The Morgan fingerprint density at radius 2 is 1.72 bits per heavy atom. The van der Waals surface area contributed by atoms with Crippen molar-refractivity contribution in [2.24, 2.45) is 0 Å². The molecule has 0 radical (unpaired) electrons. The summed E-state index contributed by atoms with van der Waals surface area (Å²) in [4.78, 5) is 16.5. The van der Waals surface area contributed by atoms with Crippen LogP contribution in [0.25, 0.3) is 0 Å². The van der Waals surface area contributed by atoms with Crippen molar-refractivity contribution >= 4 is 11.6 Å². The van der Waals surface area contributed by atoms with E-state index in [4.69, 9.17) is 9.47 Å². The summed E-state index contributed by atoms with van der Waals surface area (Å²) in [5, 5.41) is 0. The van der Waals surface area contributed by atoms with Crippen LogP contribution in [0.2, 0.25) is 0 Å². The van der Waals surface area contributed by atoms with Gasteiger partial charge in [-0.05, 0) is 43.8 Å². The van der Waals surface area contributed by atoms with Gasteiger partial charge in [0.05, 0.1) is 6.04 Å². The SMILES string of the molecule is C[C@@H](C(=O)N(C)c1ccccc1)N(C)Cc1ccc2c(c1)OCCO2. The zero-order valence-corrected chi connectivity index (χ0v) is 14.9. The Labute approximate surface area is 148 Å². The first-order valence-corrected chi connectivity index (χ1v) is 8.47. The molecule has 3 rings (SSSR count). The number of carbonyl (C=O) groups excluding carboxylic acids is 1. The molecule has 0 unspecified atom stereocenters. The fourth-order valence-electron chi connectivity index (χ4n) is 2.86. The first-order valence-electron chi connectivity index (χ1n) is 8.47. The van der Waals surface area contributed by atoms with E-state index in [1.165, 1.54) is 0 Å². The fourth-order valence-corrected chi connectivity index (χ4v) is 2.86. The molecule has 0 bridgehead atoms. The summed E-state index contributed by atoms with van der Waals surface area (Å²) in [6, 6.07) is 15.4. The zero-order chi connectivity index (χ0) is 17.8. The van der Waals surface area contributed by atoms with Gasteiger partial charge in [-0.1, -0.05) is 24.3 Å². The largest absolute Gasteiger partial charge is 0.486 e. The predicted molar refractivity (Wildman–Crippen MR) is 98.2 cm³/mol. The summed E-state index contributed by atoms with van der Waals surface area (Å²) >= 11 is 0. The minimum Gasteiger partial charge on any atom is -0.486 e. The third-order valence-corrected chi connectivity index (χ3v) is 4.53. The number of ether oxygens (including phenoxy) is 2. The smallest absolute Gasteiger partial charge is 0.243 e. The first-order chi connectivity index (χ1) is 12.1. The summed E-state index contributed by atoms with van der Waals surface area (Å²) < 4.78 is 11.2. The lowest BCUT2D eigenvalue weighted by molar-refractivity contribution is -0.122. The molecule has 5 heteroatoms. The van der Waals surface area contributed by atoms with Crippen LogP contribution in [0, 0.1) is 0 Å². The van der Waals surface area contributed by atoms with Gasteiger partial charge in [0.15, 0.2) is 11.5 Å². The maximum atomic E-state index is 12.7. The second-order valence-corrected chi connectivity index (χ2v) is 6.30. The number of rotatable bonds is 5. The number of benzene rings is 2. The van der Waals surface area contributed by atoms with Gasteiger partial charge in [0, 0.05) is 19.3 Å². The van der Waals surface area contributed by atoms with Gasteiger partial charge < -0.3 is 14.4 Å². The van der Waals surface area contributed by atoms with Crippen LogP contribution in [-0.2, 0) is 11.3 Å². The normalized spacial score (nSPS) is 14.2. The molecule has 0 saturated heterocycles. The molecular formula is C20H24N2O3. The van der Waals surface area contributed by atoms with Crippen molar-refractivity contribution in [2.75, 3.05) is 32.2 Å². The number of hydrogen-bond acceptors (Lipinski definition) is 4. The standard InChI is InChI=1S/C20H24N2O3/c1-15(20(23)22(3)17-7-5-4-6-8-17)21(2)14-16-9-10-18-19(13-16)25-12-11-24-18/h4-10,13,15H,11-12,14H2,1-3H3/t15-/m0/s1. The van der Waals surface area contributed by atoms with E-state index in [1.807, 2.05) is 74.4 Å². The van der Waals surface area contributed by atoms with Gasteiger partial charge in [-0.15, -0.1) is 0 Å². The molecule has 0 aliphatic carbocycles. The summed E-state index contributed by atoms with van der Waals surface area (Å²) in [7, 11) is 3.77. The molecule has 1 aliphatic heterocycles. The first kappa shape index (κ1) is 17.3. The Kier molecular flexibility index (Phi) is 5.24. The van der Waals surface area contributed by atoms with Gasteiger partial charge >= 0.3 is 0 Å². The van der Waals surface area contributed by atoms with Crippen molar-refractivity contribution in [3.05, 3.63) is 54.1 Å². The van der Waals surface area contributed by atoms with E-state index in [9.17, 15) is 4.79 Å². The topological polar surface area (TPSA) is 42.0 Å². The molecule has 1 heterocycles. The molecule has 132 valence electrons. The molecule has 0 aromatic heterocycles. The number of hydrogen-bond donors (Lipinski definition) is 0. The molecule has 0 N–H and O–H groups in total. The molecule has 2 aromatic rings. The number of anilines is 1. The monoisotopic (exact) mass is 340 g/mol. The van der Waals surface area contributed by atoms with Crippen LogP contribution < -0.4 is 14.4 Å². The minimum atomic E-state index is -0.238. The number of para-hydroxylation sites is 1. The van der Waals surface area contributed by atoms with E-state index in [0.29, 0.717) is 19.8 Å². The van der Waals surface area contributed by atoms with Crippen LogP contribution in [0.1, 0.15) is 12.5 Å². The van der Waals surface area contributed by atoms with Crippen LogP contribution in [0.3, 0.4) is 0 Å². The van der Waals surface area contributed by atoms with Gasteiger partial charge in [0.2, 0.25) is 5.91 Å². The fraction of sp³-hybridized carbons (Fsp3) is 0.350. The van der Waals surface area contributed by atoms with E-state index >= 15 is 0 Å². The van der Waals surface area contributed by atoms with Crippen molar-refractivity contribution in [3.8, 4) is 11.5 Å². The van der Waals surface area contributed by atoms with E-state index in [-0.39, 0.29) is 11.9 Å². The second-order valence-electron chi connectivity index (χ2n) is 6.30. The van der Waals surface area contributed by atoms with Crippen molar-refractivity contribution in [1.29, 1.82) is 0 Å². The highest BCUT2D eigenvalue weighted by Gasteiger charge is 2.23. The molecule has 1 atom stereocenters. The minimum absolute atomic E-state index is 0.0613. The molecule has 0 saturated carbocycles. The van der Waals surface area contributed by atoms with E-state index in [0.717, 1.165) is 22.7 Å². The van der Waals surface area contributed by atoms with Crippen LogP contribution >= 0.6 is 0 Å². The van der Waals surface area contributed by atoms with Crippen LogP contribution in [0.4, 0.5) is 5.69 Å². The maximum Gasteiger partial charge on any atom is 0.243 e. The lowest BCUT2D eigenvalue weighted by Crippen LogP contribution is -2.43. The predicted octanol–water partition coefficient (Wildman–Crippen LogP) is 2.94. The van der Waals surface area contributed by atoms with Crippen molar-refractivity contribution in [2.45, 2.75) is 19.5 Å². The molecule has 1 aliphatic rings. The Bertz CT molecular complexity index is 733. The molecule has 25 heavy (non-hydrogen) atoms. The van der Waals surface area contributed by atoms with Gasteiger partial charge in [0.1, 0.15) is 13.2 Å². The Hall–Kier alpha value is -2.53. The van der Waals surface area contributed by atoms with E-state index in [2.05, 4.69) is 0 Å². The summed E-state index contributed by atoms with van der Waals surface area (Å²) in [6.07, 6.45) is 0. The third kappa shape index (κ3) is 3.94. The van der Waals surface area contributed by atoms with Crippen LogP contribution in [0.5, 0.6) is 11.5 Å².